The molecule has 4 N–H and O–H groups in total. The van der Waals surface area contributed by atoms with Gasteiger partial charge in [-0.15, -0.1) is 0 Å². The molecule has 4 aromatic carbocycles. The number of fused-ring (bicyclic) bond motifs is 6. The van der Waals surface area contributed by atoms with Crippen LogP contribution in [0, 0.1) is 0 Å². The fourth-order valence-electron chi connectivity index (χ4n) is 5.46. The summed E-state index contributed by atoms with van der Waals surface area (Å²) in [5.74, 6) is 0. The minimum absolute atomic E-state index is 0.0424. The molecule has 0 saturated heterocycles. The SMILES string of the molecule is CC1(C)c2ccccc2-c2cc(Br)c(N)cc21.CC1(C)c2ccccc2-c2ccc(N)cc21.[B]=NS. The Hall–Kier alpha value is -2.83. The van der Waals surface area contributed by atoms with E-state index in [0.717, 1.165) is 15.8 Å². The summed E-state index contributed by atoms with van der Waals surface area (Å²) in [7, 11) is 4.34. The van der Waals surface area contributed by atoms with Crippen LogP contribution < -0.4 is 11.5 Å². The molecule has 0 bridgehead atoms. The summed E-state index contributed by atoms with van der Waals surface area (Å²) in [6.45, 7) is 9.03. The van der Waals surface area contributed by atoms with E-state index in [0.29, 0.717) is 0 Å². The minimum atomic E-state index is 0.0424. The van der Waals surface area contributed by atoms with Gasteiger partial charge in [0.05, 0.1) is 0 Å². The van der Waals surface area contributed by atoms with Crippen molar-refractivity contribution in [2.45, 2.75) is 38.5 Å². The van der Waals surface area contributed by atoms with Crippen LogP contribution in [0.25, 0.3) is 22.3 Å². The van der Waals surface area contributed by atoms with Crippen LogP contribution in [-0.2, 0) is 10.8 Å². The van der Waals surface area contributed by atoms with Gasteiger partial charge in [0, 0.05) is 26.7 Å². The molecule has 36 heavy (non-hydrogen) atoms. The van der Waals surface area contributed by atoms with Crippen molar-refractivity contribution in [1.82, 2.24) is 0 Å². The molecule has 2 aliphatic rings. The van der Waals surface area contributed by atoms with E-state index in [2.05, 4.69) is 141 Å². The zero-order chi connectivity index (χ0) is 26.3. The molecule has 0 aromatic heterocycles. The first-order valence-corrected chi connectivity index (χ1v) is 13.0. The fourth-order valence-corrected chi connectivity index (χ4v) is 5.80. The van der Waals surface area contributed by atoms with Crippen molar-refractivity contribution >= 4 is 47.8 Å². The fraction of sp³-hybridized carbons (Fsp3) is 0.200. The molecular formula is C30H30BBrN3S. The van der Waals surface area contributed by atoms with Crippen molar-refractivity contribution in [1.29, 1.82) is 0 Å². The zero-order valence-electron chi connectivity index (χ0n) is 21.0. The third kappa shape index (κ3) is 4.42. The summed E-state index contributed by atoms with van der Waals surface area (Å²) in [4.78, 5) is 0. The monoisotopic (exact) mass is 554 g/mol. The summed E-state index contributed by atoms with van der Waals surface area (Å²) >= 11 is 6.70. The molecule has 6 heteroatoms. The number of hydrogen-bond donors (Lipinski definition) is 3. The number of halogens is 1. The Morgan fingerprint density at radius 1 is 0.667 bits per heavy atom. The Morgan fingerprint density at radius 2 is 1.11 bits per heavy atom. The number of benzene rings is 4. The molecule has 6 rings (SSSR count). The second kappa shape index (κ2) is 9.91. The number of nitrogens with zero attached hydrogens (tertiary/aromatic N) is 1. The molecule has 0 aliphatic heterocycles. The number of hydrogen-bond acceptors (Lipinski definition) is 4. The summed E-state index contributed by atoms with van der Waals surface area (Å²) in [6.07, 6.45) is 0. The second-order valence-corrected chi connectivity index (χ2v) is 11.3. The van der Waals surface area contributed by atoms with Crippen molar-refractivity contribution in [3.05, 3.63) is 106 Å². The summed E-state index contributed by atoms with van der Waals surface area (Å²) < 4.78 is 3.67. The Morgan fingerprint density at radius 3 is 1.67 bits per heavy atom. The van der Waals surface area contributed by atoms with E-state index in [4.69, 9.17) is 11.5 Å². The molecule has 0 saturated carbocycles. The summed E-state index contributed by atoms with van der Waals surface area (Å²) in [6, 6.07) is 27.7. The van der Waals surface area contributed by atoms with Crippen LogP contribution in [0.15, 0.2) is 87.6 Å². The van der Waals surface area contributed by atoms with Crippen LogP contribution in [0.2, 0.25) is 0 Å². The van der Waals surface area contributed by atoms with E-state index in [1.165, 1.54) is 44.5 Å². The van der Waals surface area contributed by atoms with Gasteiger partial charge < -0.3 is 11.5 Å². The van der Waals surface area contributed by atoms with Gasteiger partial charge in [0.15, 0.2) is 0 Å². The Balaban J connectivity index is 0.000000153. The first kappa shape index (κ1) is 26.2. The molecule has 181 valence electrons. The maximum atomic E-state index is 6.00. The van der Waals surface area contributed by atoms with Crippen molar-refractivity contribution in [2.24, 2.45) is 4.30 Å². The van der Waals surface area contributed by atoms with Crippen molar-refractivity contribution in [2.75, 3.05) is 11.5 Å². The topological polar surface area (TPSA) is 64.4 Å². The predicted octanol–water partition coefficient (Wildman–Crippen LogP) is 8.10. The van der Waals surface area contributed by atoms with Crippen LogP contribution in [0.1, 0.15) is 49.9 Å². The number of rotatable bonds is 0. The van der Waals surface area contributed by atoms with Gasteiger partial charge in [-0.2, -0.15) is 0 Å². The van der Waals surface area contributed by atoms with Crippen molar-refractivity contribution in [3.63, 3.8) is 0 Å². The average molecular weight is 555 g/mol. The Labute approximate surface area is 229 Å². The average Bonchev–Trinajstić information content (AvgIpc) is 3.20. The normalized spacial score (nSPS) is 14.6. The van der Waals surface area contributed by atoms with Gasteiger partial charge in [0.2, 0.25) is 0 Å². The first-order chi connectivity index (χ1) is 17.0. The molecule has 3 nitrogen and oxygen atoms in total. The van der Waals surface area contributed by atoms with Gasteiger partial charge in [-0.25, -0.2) is 0 Å². The summed E-state index contributed by atoms with van der Waals surface area (Å²) in [5.41, 5.74) is 24.4. The van der Waals surface area contributed by atoms with Gasteiger partial charge in [-0.3, -0.25) is 0 Å². The van der Waals surface area contributed by atoms with Gasteiger partial charge in [0.25, 0.3) is 0 Å². The van der Waals surface area contributed by atoms with E-state index in [-0.39, 0.29) is 10.8 Å². The molecule has 0 unspecified atom stereocenters. The van der Waals surface area contributed by atoms with E-state index in [1.54, 1.807) is 0 Å². The standard InChI is InChI=1S/C15H14BrN.C15H15N.BHNS/c1-15(2)11-6-4-3-5-9(11)10-7-13(16)14(17)8-12(10)15;1-15(2)13-6-4-3-5-11(13)12-8-7-10(16)9-14(12)15;1-2-3/h3-8H,17H2,1-2H3;3-9H,16H2,1-2H3;3H. The number of nitrogen functional groups attached to an aromatic ring is 2. The molecule has 2 aliphatic carbocycles. The molecule has 1 radical (unpaired) electrons. The first-order valence-electron chi connectivity index (χ1n) is 11.8. The van der Waals surface area contributed by atoms with Crippen LogP contribution in [-0.4, -0.2) is 7.64 Å². The number of nitrogens with two attached hydrogens (primary N) is 2. The molecule has 0 heterocycles. The van der Waals surface area contributed by atoms with E-state index < -0.39 is 0 Å². The van der Waals surface area contributed by atoms with Gasteiger partial charge >= 0.3 is 24.8 Å². The molecule has 0 fully saturated rings. The quantitative estimate of drug-likeness (QED) is 0.117. The zero-order valence-corrected chi connectivity index (χ0v) is 23.5. The van der Waals surface area contributed by atoms with Gasteiger partial charge in [-0.05, 0) is 84.7 Å². The predicted molar refractivity (Wildman–Crippen MR) is 162 cm³/mol. The second-order valence-electron chi connectivity index (χ2n) is 10.2. The molecular weight excluding hydrogens is 525 g/mol. The molecule has 0 spiro atoms. The van der Waals surface area contributed by atoms with Gasteiger partial charge in [-0.1, -0.05) is 82.3 Å². The molecule has 0 amide bonds. The number of anilines is 2. The maximum absolute atomic E-state index is 6.00. The van der Waals surface area contributed by atoms with Crippen LogP contribution in [0.5, 0.6) is 0 Å². The molecule has 0 atom stereocenters. The van der Waals surface area contributed by atoms with E-state index >= 15 is 0 Å². The van der Waals surface area contributed by atoms with Crippen molar-refractivity contribution in [3.8, 4) is 22.3 Å². The third-order valence-corrected chi connectivity index (χ3v) is 8.00. The van der Waals surface area contributed by atoms with Crippen molar-refractivity contribution < 1.29 is 0 Å². The van der Waals surface area contributed by atoms with E-state index in [1.807, 2.05) is 6.07 Å². The van der Waals surface area contributed by atoms with Gasteiger partial charge in [0.1, 0.15) is 0 Å². The third-order valence-electron chi connectivity index (χ3n) is 7.31. The Kier molecular flexibility index (Phi) is 7.22. The summed E-state index contributed by atoms with van der Waals surface area (Å²) in [5, 5.41) is 0. The number of thiol groups is 1. The van der Waals surface area contributed by atoms with Crippen LogP contribution in [0.3, 0.4) is 0 Å². The molecule has 4 aromatic rings. The Bertz CT molecular complexity index is 1460. The van der Waals surface area contributed by atoms with E-state index in [9.17, 15) is 0 Å². The van der Waals surface area contributed by atoms with Crippen LogP contribution in [0.4, 0.5) is 11.4 Å². The van der Waals surface area contributed by atoms with Crippen LogP contribution >= 0.6 is 28.7 Å².